The summed E-state index contributed by atoms with van der Waals surface area (Å²) in [5.41, 5.74) is 1.000. The van der Waals surface area contributed by atoms with E-state index in [9.17, 15) is 0 Å². The van der Waals surface area contributed by atoms with Gasteiger partial charge in [0.15, 0.2) is 5.82 Å². The van der Waals surface area contributed by atoms with Crippen LogP contribution in [0.2, 0.25) is 5.02 Å². The van der Waals surface area contributed by atoms with Crippen LogP contribution in [0.1, 0.15) is 44.6 Å². The molecule has 0 unspecified atom stereocenters. The minimum atomic E-state index is -0.143. The molecule has 0 bridgehead atoms. The Balaban J connectivity index is 2.05. The minimum Gasteiger partial charge on any atom is -0.379 e. The normalized spacial score (nSPS) is 17.8. The van der Waals surface area contributed by atoms with Crippen LogP contribution in [0.15, 0.2) is 24.3 Å². The van der Waals surface area contributed by atoms with E-state index in [4.69, 9.17) is 16.3 Å². The van der Waals surface area contributed by atoms with Crippen molar-refractivity contribution < 1.29 is 4.74 Å². The van der Waals surface area contributed by atoms with Gasteiger partial charge in [0.25, 0.3) is 0 Å². The number of morpholine rings is 1. The summed E-state index contributed by atoms with van der Waals surface area (Å²) in [6, 6.07) is 7.94. The molecular weight excluding hydrogens is 326 g/mol. The van der Waals surface area contributed by atoms with Gasteiger partial charge in [-0.2, -0.15) is 0 Å². The van der Waals surface area contributed by atoms with Crippen LogP contribution >= 0.6 is 11.6 Å². The van der Waals surface area contributed by atoms with Crippen molar-refractivity contribution in [1.82, 2.24) is 25.1 Å². The average molecular weight is 350 g/mol. The van der Waals surface area contributed by atoms with E-state index in [1.54, 1.807) is 0 Å². The Morgan fingerprint density at radius 3 is 2.50 bits per heavy atom. The van der Waals surface area contributed by atoms with Gasteiger partial charge in [-0.05, 0) is 48.4 Å². The second-order valence-corrected chi connectivity index (χ2v) is 7.15. The van der Waals surface area contributed by atoms with Crippen LogP contribution in [0.25, 0.3) is 0 Å². The molecule has 0 amide bonds. The third-order valence-electron chi connectivity index (χ3n) is 4.77. The molecule has 0 spiro atoms. The smallest absolute Gasteiger partial charge is 0.173 e. The van der Waals surface area contributed by atoms with Crippen molar-refractivity contribution in [3.63, 3.8) is 0 Å². The zero-order chi connectivity index (χ0) is 17.2. The van der Waals surface area contributed by atoms with Gasteiger partial charge in [0.2, 0.25) is 0 Å². The number of rotatable bonds is 5. The zero-order valence-corrected chi connectivity index (χ0v) is 15.2. The predicted octanol–water partition coefficient (Wildman–Crippen LogP) is 2.89. The summed E-state index contributed by atoms with van der Waals surface area (Å²) >= 11 is 6.07. The zero-order valence-electron chi connectivity index (χ0n) is 14.4. The lowest BCUT2D eigenvalue weighted by Crippen LogP contribution is -2.42. The lowest BCUT2D eigenvalue weighted by molar-refractivity contribution is 0.0206. The molecule has 0 N–H and O–H groups in total. The minimum absolute atomic E-state index is 0.00742. The molecule has 0 aliphatic carbocycles. The largest absolute Gasteiger partial charge is 0.379 e. The summed E-state index contributed by atoms with van der Waals surface area (Å²) < 4.78 is 7.48. The molecule has 2 aromatic rings. The summed E-state index contributed by atoms with van der Waals surface area (Å²) in [7, 11) is 0. The maximum Gasteiger partial charge on any atom is 0.173 e. The van der Waals surface area contributed by atoms with Crippen LogP contribution in [-0.2, 0) is 10.3 Å². The number of aromatic nitrogens is 4. The SMILES string of the molecule is CCC(C)(C)n1nnnc1[C@@H](c1ccc(Cl)cc1)N1CCOCC1. The number of nitrogens with zero attached hydrogens (tertiary/aromatic N) is 5. The van der Waals surface area contributed by atoms with Crippen molar-refractivity contribution in [1.29, 1.82) is 0 Å². The molecule has 1 aromatic heterocycles. The van der Waals surface area contributed by atoms with Crippen molar-refractivity contribution in [2.45, 2.75) is 38.8 Å². The Morgan fingerprint density at radius 1 is 1.21 bits per heavy atom. The number of halogens is 1. The van der Waals surface area contributed by atoms with E-state index in [1.165, 1.54) is 0 Å². The van der Waals surface area contributed by atoms with E-state index in [0.717, 1.165) is 49.1 Å². The van der Waals surface area contributed by atoms with Crippen LogP contribution in [0.3, 0.4) is 0 Å². The maximum absolute atomic E-state index is 6.07. The van der Waals surface area contributed by atoms with Crippen molar-refractivity contribution in [2.24, 2.45) is 0 Å². The molecule has 130 valence electrons. The molecule has 0 radical (unpaired) electrons. The highest BCUT2D eigenvalue weighted by atomic mass is 35.5. The molecule has 7 heteroatoms. The number of hydrogen-bond donors (Lipinski definition) is 0. The van der Waals surface area contributed by atoms with Crippen molar-refractivity contribution in [3.8, 4) is 0 Å². The molecule has 1 fully saturated rings. The number of tetrazole rings is 1. The Kier molecular flexibility index (Phi) is 5.18. The Morgan fingerprint density at radius 2 is 1.88 bits per heavy atom. The fourth-order valence-electron chi connectivity index (χ4n) is 2.95. The molecule has 6 nitrogen and oxygen atoms in total. The molecule has 1 atom stereocenters. The molecule has 1 aromatic carbocycles. The Labute approximate surface area is 147 Å². The molecule has 1 aliphatic rings. The van der Waals surface area contributed by atoms with Crippen molar-refractivity contribution >= 4 is 11.6 Å². The van der Waals surface area contributed by atoms with Gasteiger partial charge >= 0.3 is 0 Å². The van der Waals surface area contributed by atoms with Crippen LogP contribution in [0.5, 0.6) is 0 Å². The van der Waals surface area contributed by atoms with Gasteiger partial charge in [0.1, 0.15) is 0 Å². The fraction of sp³-hybridized carbons (Fsp3) is 0.588. The first-order chi connectivity index (χ1) is 11.5. The molecule has 1 aliphatic heterocycles. The third-order valence-corrected chi connectivity index (χ3v) is 5.03. The molecule has 0 saturated carbocycles. The quantitative estimate of drug-likeness (QED) is 0.830. The first kappa shape index (κ1) is 17.3. The van der Waals surface area contributed by atoms with Gasteiger partial charge in [-0.3, -0.25) is 4.90 Å². The van der Waals surface area contributed by atoms with Crippen LogP contribution < -0.4 is 0 Å². The number of ether oxygens (including phenoxy) is 1. The summed E-state index contributed by atoms with van der Waals surface area (Å²) in [5, 5.41) is 13.4. The van der Waals surface area contributed by atoms with Gasteiger partial charge in [-0.25, -0.2) is 4.68 Å². The highest BCUT2D eigenvalue weighted by molar-refractivity contribution is 6.30. The molecule has 24 heavy (non-hydrogen) atoms. The highest BCUT2D eigenvalue weighted by Crippen LogP contribution is 2.31. The number of benzene rings is 1. The monoisotopic (exact) mass is 349 g/mol. The van der Waals surface area contributed by atoms with Gasteiger partial charge in [0.05, 0.1) is 24.8 Å². The second-order valence-electron chi connectivity index (χ2n) is 6.72. The van der Waals surface area contributed by atoms with Gasteiger partial charge in [-0.15, -0.1) is 5.10 Å². The van der Waals surface area contributed by atoms with E-state index < -0.39 is 0 Å². The fourth-order valence-corrected chi connectivity index (χ4v) is 3.08. The summed E-state index contributed by atoms with van der Waals surface area (Å²) in [5.74, 6) is 0.867. The second kappa shape index (κ2) is 7.17. The summed E-state index contributed by atoms with van der Waals surface area (Å²) in [6.45, 7) is 9.62. The van der Waals surface area contributed by atoms with Crippen LogP contribution in [0.4, 0.5) is 0 Å². The molecular formula is C17H24ClN5O. The molecule has 2 heterocycles. The summed E-state index contributed by atoms with van der Waals surface area (Å²) in [6.07, 6.45) is 0.946. The van der Waals surface area contributed by atoms with Crippen molar-refractivity contribution in [2.75, 3.05) is 26.3 Å². The van der Waals surface area contributed by atoms with E-state index in [0.29, 0.717) is 0 Å². The predicted molar refractivity (Wildman–Crippen MR) is 93.1 cm³/mol. The highest BCUT2D eigenvalue weighted by Gasteiger charge is 2.33. The molecule has 1 saturated heterocycles. The van der Waals surface area contributed by atoms with E-state index in [2.05, 4.69) is 53.3 Å². The Hall–Kier alpha value is -1.50. The molecule has 3 rings (SSSR count). The van der Waals surface area contributed by atoms with Gasteiger partial charge in [-0.1, -0.05) is 30.7 Å². The number of hydrogen-bond acceptors (Lipinski definition) is 5. The average Bonchev–Trinajstić information content (AvgIpc) is 3.08. The maximum atomic E-state index is 6.07. The van der Waals surface area contributed by atoms with E-state index >= 15 is 0 Å². The van der Waals surface area contributed by atoms with Crippen LogP contribution in [0, 0.1) is 0 Å². The van der Waals surface area contributed by atoms with Gasteiger partial charge < -0.3 is 4.74 Å². The standard InChI is InChI=1S/C17H24ClN5O/c1-4-17(2,3)23-16(19-20-21-23)15(22-9-11-24-12-10-22)13-5-7-14(18)8-6-13/h5-8,15H,4,9-12H2,1-3H3/t15-/m1/s1. The van der Waals surface area contributed by atoms with Crippen molar-refractivity contribution in [3.05, 3.63) is 40.7 Å². The third kappa shape index (κ3) is 3.45. The van der Waals surface area contributed by atoms with E-state index in [-0.39, 0.29) is 11.6 Å². The lowest BCUT2D eigenvalue weighted by atomic mass is 9.99. The first-order valence-electron chi connectivity index (χ1n) is 8.39. The van der Waals surface area contributed by atoms with Gasteiger partial charge in [0, 0.05) is 18.1 Å². The summed E-state index contributed by atoms with van der Waals surface area (Å²) in [4.78, 5) is 2.38. The lowest BCUT2D eigenvalue weighted by Gasteiger charge is -2.35. The first-order valence-corrected chi connectivity index (χ1v) is 8.77. The topological polar surface area (TPSA) is 56.1 Å². The Bertz CT molecular complexity index is 664. The van der Waals surface area contributed by atoms with Crippen LogP contribution in [-0.4, -0.2) is 51.4 Å². The van der Waals surface area contributed by atoms with E-state index in [1.807, 2.05) is 16.8 Å².